The van der Waals surface area contributed by atoms with Crippen molar-refractivity contribution in [2.75, 3.05) is 0 Å². The Kier molecular flexibility index (Phi) is 2.90. The van der Waals surface area contributed by atoms with Crippen molar-refractivity contribution in [3.63, 3.8) is 0 Å². The zero-order chi connectivity index (χ0) is 11.4. The summed E-state index contributed by atoms with van der Waals surface area (Å²) in [6.07, 6.45) is 3.35. The van der Waals surface area contributed by atoms with Gasteiger partial charge in [0.25, 0.3) is 5.91 Å². The van der Waals surface area contributed by atoms with Gasteiger partial charge in [0, 0.05) is 18.9 Å². The van der Waals surface area contributed by atoms with Crippen LogP contribution in [0.25, 0.3) is 0 Å². The highest BCUT2D eigenvalue weighted by Gasteiger charge is 2.20. The fourth-order valence-electron chi connectivity index (χ4n) is 1.28. The number of amides is 2. The Hall–Kier alpha value is -2.24. The number of hydrazone groups is 1. The molecule has 2 rings (SSSR count). The van der Waals surface area contributed by atoms with E-state index in [-0.39, 0.29) is 23.9 Å². The van der Waals surface area contributed by atoms with E-state index in [9.17, 15) is 9.59 Å². The highest BCUT2D eigenvalue weighted by molar-refractivity contribution is 6.43. The van der Waals surface area contributed by atoms with E-state index in [2.05, 4.69) is 20.8 Å². The van der Waals surface area contributed by atoms with Crippen LogP contribution in [-0.4, -0.2) is 22.5 Å². The van der Waals surface area contributed by atoms with E-state index in [1.807, 2.05) is 0 Å². The summed E-state index contributed by atoms with van der Waals surface area (Å²) >= 11 is 0. The summed E-state index contributed by atoms with van der Waals surface area (Å²) in [6.45, 7) is 0.397. The maximum Gasteiger partial charge on any atom is 0.268 e. The molecule has 6 heteroatoms. The van der Waals surface area contributed by atoms with Crippen LogP contribution < -0.4 is 10.7 Å². The van der Waals surface area contributed by atoms with Crippen molar-refractivity contribution < 1.29 is 9.59 Å². The van der Waals surface area contributed by atoms with Crippen LogP contribution in [0.4, 0.5) is 0 Å². The second kappa shape index (κ2) is 4.52. The van der Waals surface area contributed by atoms with Gasteiger partial charge in [-0.1, -0.05) is 0 Å². The maximum absolute atomic E-state index is 11.5. The average molecular weight is 218 g/mol. The molecule has 1 aromatic heterocycles. The van der Waals surface area contributed by atoms with Crippen molar-refractivity contribution in [1.82, 2.24) is 15.7 Å². The van der Waals surface area contributed by atoms with Crippen LogP contribution in [0.1, 0.15) is 12.0 Å². The van der Waals surface area contributed by atoms with Gasteiger partial charge < -0.3 is 5.32 Å². The molecule has 0 unspecified atom stereocenters. The Morgan fingerprint density at radius 2 is 2.19 bits per heavy atom. The van der Waals surface area contributed by atoms with Crippen molar-refractivity contribution in [1.29, 1.82) is 0 Å². The smallest absolute Gasteiger partial charge is 0.268 e. The molecule has 2 amide bonds. The first kappa shape index (κ1) is 10.3. The lowest BCUT2D eigenvalue weighted by Crippen LogP contribution is -2.30. The van der Waals surface area contributed by atoms with E-state index in [0.717, 1.165) is 5.56 Å². The molecule has 0 aliphatic carbocycles. The highest BCUT2D eigenvalue weighted by atomic mass is 16.2. The third-order valence-electron chi connectivity index (χ3n) is 2.11. The lowest BCUT2D eigenvalue weighted by molar-refractivity contribution is -0.120. The Labute approximate surface area is 91.8 Å². The Balaban J connectivity index is 1.87. The van der Waals surface area contributed by atoms with Gasteiger partial charge in [0.15, 0.2) is 0 Å². The summed E-state index contributed by atoms with van der Waals surface area (Å²) in [5.74, 6) is -0.579. The second-order valence-electron chi connectivity index (χ2n) is 3.31. The summed E-state index contributed by atoms with van der Waals surface area (Å²) in [4.78, 5) is 26.2. The molecule has 1 aliphatic heterocycles. The topological polar surface area (TPSA) is 83.5 Å². The standard InChI is InChI=1S/C10H10N4O2/c15-9-5-8(13-14-9)10(16)12-6-7-1-3-11-4-2-7/h1-4H,5-6H2,(H,12,16)(H,14,15). The fourth-order valence-corrected chi connectivity index (χ4v) is 1.28. The van der Waals surface area contributed by atoms with Gasteiger partial charge in [0.05, 0.1) is 6.42 Å². The molecule has 2 heterocycles. The molecule has 0 saturated heterocycles. The van der Waals surface area contributed by atoms with Crippen molar-refractivity contribution in [2.45, 2.75) is 13.0 Å². The molecular weight excluding hydrogens is 208 g/mol. The van der Waals surface area contributed by atoms with Gasteiger partial charge in [-0.3, -0.25) is 14.6 Å². The van der Waals surface area contributed by atoms with Crippen LogP contribution in [0.2, 0.25) is 0 Å². The molecule has 0 spiro atoms. The predicted molar refractivity (Wildman–Crippen MR) is 56.3 cm³/mol. The molecule has 0 atom stereocenters. The predicted octanol–water partition coefficient (Wildman–Crippen LogP) is -0.426. The first-order valence-electron chi connectivity index (χ1n) is 4.78. The van der Waals surface area contributed by atoms with E-state index >= 15 is 0 Å². The van der Waals surface area contributed by atoms with E-state index < -0.39 is 0 Å². The zero-order valence-electron chi connectivity index (χ0n) is 8.43. The maximum atomic E-state index is 11.5. The fraction of sp³-hybridized carbons (Fsp3) is 0.200. The Morgan fingerprint density at radius 1 is 1.44 bits per heavy atom. The number of carbonyl (C=O) groups is 2. The van der Waals surface area contributed by atoms with Crippen molar-refractivity contribution in [3.8, 4) is 0 Å². The van der Waals surface area contributed by atoms with Crippen LogP contribution in [0.5, 0.6) is 0 Å². The van der Waals surface area contributed by atoms with Crippen molar-refractivity contribution >= 4 is 17.5 Å². The average Bonchev–Trinajstić information content (AvgIpc) is 2.74. The Morgan fingerprint density at radius 3 is 2.81 bits per heavy atom. The lowest BCUT2D eigenvalue weighted by atomic mass is 10.2. The van der Waals surface area contributed by atoms with Crippen LogP contribution in [0.3, 0.4) is 0 Å². The SMILES string of the molecule is O=C1CC(C(=O)NCc2ccncc2)=NN1. The number of nitrogens with one attached hydrogen (secondary N) is 2. The number of carbonyl (C=O) groups excluding carboxylic acids is 2. The van der Waals surface area contributed by atoms with Crippen molar-refractivity contribution in [3.05, 3.63) is 30.1 Å². The summed E-state index contributed by atoms with van der Waals surface area (Å²) in [6, 6.07) is 3.61. The van der Waals surface area contributed by atoms with Crippen LogP contribution >= 0.6 is 0 Å². The highest BCUT2D eigenvalue weighted by Crippen LogP contribution is 1.98. The van der Waals surface area contributed by atoms with Gasteiger partial charge >= 0.3 is 0 Å². The minimum Gasteiger partial charge on any atom is -0.347 e. The molecule has 0 fully saturated rings. The van der Waals surface area contributed by atoms with Gasteiger partial charge in [-0.05, 0) is 17.7 Å². The van der Waals surface area contributed by atoms with Crippen molar-refractivity contribution in [2.24, 2.45) is 5.10 Å². The molecule has 1 aromatic rings. The van der Waals surface area contributed by atoms with E-state index in [1.54, 1.807) is 24.5 Å². The zero-order valence-corrected chi connectivity index (χ0v) is 8.43. The van der Waals surface area contributed by atoms with Gasteiger partial charge in [0.2, 0.25) is 5.91 Å². The first-order valence-corrected chi connectivity index (χ1v) is 4.78. The molecule has 0 bridgehead atoms. The third-order valence-corrected chi connectivity index (χ3v) is 2.11. The van der Waals surface area contributed by atoms with Gasteiger partial charge in [-0.15, -0.1) is 0 Å². The van der Waals surface area contributed by atoms with E-state index in [0.29, 0.717) is 6.54 Å². The van der Waals surface area contributed by atoms with Crippen LogP contribution in [-0.2, 0) is 16.1 Å². The summed E-state index contributed by atoms with van der Waals surface area (Å²) in [5.41, 5.74) is 3.39. The number of nitrogens with zero attached hydrogens (tertiary/aromatic N) is 2. The summed E-state index contributed by atoms with van der Waals surface area (Å²) in [5, 5.41) is 6.29. The number of hydrogen-bond donors (Lipinski definition) is 2. The Bertz CT molecular complexity index is 441. The van der Waals surface area contributed by atoms with Gasteiger partial charge in [0.1, 0.15) is 5.71 Å². The molecule has 6 nitrogen and oxygen atoms in total. The molecule has 82 valence electrons. The first-order chi connectivity index (χ1) is 7.75. The van der Waals surface area contributed by atoms with Crippen LogP contribution in [0, 0.1) is 0 Å². The van der Waals surface area contributed by atoms with Crippen LogP contribution in [0.15, 0.2) is 29.6 Å². The number of aromatic nitrogens is 1. The minimum absolute atomic E-state index is 0.0438. The van der Waals surface area contributed by atoms with Gasteiger partial charge in [-0.25, -0.2) is 5.43 Å². The number of pyridine rings is 1. The number of rotatable bonds is 3. The molecular formula is C10H10N4O2. The summed E-state index contributed by atoms with van der Waals surface area (Å²) < 4.78 is 0. The minimum atomic E-state index is -0.324. The summed E-state index contributed by atoms with van der Waals surface area (Å²) in [7, 11) is 0. The normalized spacial score (nSPS) is 14.2. The third kappa shape index (κ3) is 2.41. The molecule has 2 N–H and O–H groups in total. The molecule has 0 radical (unpaired) electrons. The van der Waals surface area contributed by atoms with Gasteiger partial charge in [-0.2, -0.15) is 5.10 Å². The molecule has 0 saturated carbocycles. The lowest BCUT2D eigenvalue weighted by Gasteiger charge is -2.03. The molecule has 16 heavy (non-hydrogen) atoms. The second-order valence-corrected chi connectivity index (χ2v) is 3.31. The van der Waals surface area contributed by atoms with E-state index in [4.69, 9.17) is 0 Å². The molecule has 1 aliphatic rings. The largest absolute Gasteiger partial charge is 0.347 e. The molecule has 0 aromatic carbocycles. The quantitative estimate of drug-likeness (QED) is 0.722. The van der Waals surface area contributed by atoms with E-state index in [1.165, 1.54) is 0 Å². The number of hydrogen-bond acceptors (Lipinski definition) is 4. The monoisotopic (exact) mass is 218 g/mol.